The summed E-state index contributed by atoms with van der Waals surface area (Å²) < 4.78 is 42.1. The van der Waals surface area contributed by atoms with Crippen LogP contribution < -0.4 is 5.46 Å². The molecule has 3 aliphatic rings. The minimum absolute atomic E-state index is 0.0845. The summed E-state index contributed by atoms with van der Waals surface area (Å²) in [6.07, 6.45) is 7.62. The van der Waals surface area contributed by atoms with E-state index in [0.29, 0.717) is 26.4 Å². The van der Waals surface area contributed by atoms with Crippen LogP contribution in [0.25, 0.3) is 11.1 Å². The molecule has 0 atom stereocenters. The molecular weight excluding hydrogens is 1070 g/mol. The zero-order valence-corrected chi connectivity index (χ0v) is 56.8. The topological polar surface area (TPSA) is 81.7 Å². The Hall–Kier alpha value is -5.05. The summed E-state index contributed by atoms with van der Waals surface area (Å²) >= 11 is 0. The third kappa shape index (κ3) is 15.4. The van der Waals surface area contributed by atoms with Gasteiger partial charge in [-0.1, -0.05) is 142 Å². The van der Waals surface area contributed by atoms with Gasteiger partial charge in [0.25, 0.3) is 0 Å². The number of esters is 1. The maximum Gasteiger partial charge on any atom is 0.495 e. The van der Waals surface area contributed by atoms with Crippen molar-refractivity contribution in [3.63, 3.8) is 0 Å². The molecule has 0 unspecified atom stereocenters. The number of ether oxygens (including phenoxy) is 3. The van der Waals surface area contributed by atoms with Gasteiger partial charge in [0.2, 0.25) is 0 Å². The van der Waals surface area contributed by atoms with Gasteiger partial charge in [0.05, 0.1) is 51.2 Å². The Labute approximate surface area is 509 Å². The minimum Gasteiger partial charge on any atom is -0.469 e. The van der Waals surface area contributed by atoms with E-state index in [2.05, 4.69) is 231 Å². The number of aryl methyl sites for hydroxylation is 4. The van der Waals surface area contributed by atoms with Gasteiger partial charge in [-0.25, -0.2) is 0 Å². The summed E-state index contributed by atoms with van der Waals surface area (Å²) in [5, 5.41) is 0. The van der Waals surface area contributed by atoms with Gasteiger partial charge in [0.15, 0.2) is 16.6 Å². The van der Waals surface area contributed by atoms with Gasteiger partial charge >= 0.3 is 13.1 Å². The molecule has 0 amide bonds. The summed E-state index contributed by atoms with van der Waals surface area (Å²) in [6.45, 7) is 42.6. The molecule has 84 heavy (non-hydrogen) atoms. The Morgan fingerprint density at radius 3 is 1.27 bits per heavy atom. The highest BCUT2D eigenvalue weighted by molar-refractivity contribution is 6.70. The van der Waals surface area contributed by atoms with Crippen molar-refractivity contribution in [1.82, 2.24) is 0 Å². The zero-order chi connectivity index (χ0) is 61.5. The number of hydrogen-bond acceptors (Lipinski definition) is 8. The van der Waals surface area contributed by atoms with Gasteiger partial charge in [-0.05, 0) is 194 Å². The van der Waals surface area contributed by atoms with E-state index in [4.69, 9.17) is 32.4 Å². The van der Waals surface area contributed by atoms with Crippen molar-refractivity contribution in [1.29, 1.82) is 0 Å². The van der Waals surface area contributed by atoms with Crippen LogP contribution in [0.5, 0.6) is 0 Å². The van der Waals surface area contributed by atoms with Gasteiger partial charge in [-0.3, -0.25) is 4.79 Å². The molecule has 3 heterocycles. The van der Waals surface area contributed by atoms with Crippen LogP contribution in [0.2, 0.25) is 39.3 Å². The van der Waals surface area contributed by atoms with Crippen molar-refractivity contribution in [3.8, 4) is 34.8 Å². The van der Waals surface area contributed by atoms with Crippen LogP contribution in [-0.4, -0.2) is 85.7 Å². The number of methoxy groups -OCH3 is 1. The highest BCUT2D eigenvalue weighted by Gasteiger charge is 2.52. The van der Waals surface area contributed by atoms with Crippen molar-refractivity contribution in [2.45, 2.75) is 213 Å². The second-order valence-electron chi connectivity index (χ2n) is 26.9. The van der Waals surface area contributed by atoms with Gasteiger partial charge < -0.3 is 32.4 Å². The van der Waals surface area contributed by atoms with E-state index in [9.17, 15) is 4.79 Å². The highest BCUT2D eigenvalue weighted by Crippen LogP contribution is 2.43. The van der Waals surface area contributed by atoms with E-state index in [1.807, 2.05) is 12.1 Å². The smallest absolute Gasteiger partial charge is 0.469 e. The quantitative estimate of drug-likeness (QED) is 0.0549. The molecule has 5 aromatic carbocycles. The Kier molecular flexibility index (Phi) is 21.3. The maximum absolute atomic E-state index is 11.7. The predicted molar refractivity (Wildman–Crippen MR) is 352 cm³/mol. The molecule has 3 aliphatic heterocycles. The van der Waals surface area contributed by atoms with Crippen LogP contribution in [0.3, 0.4) is 0 Å². The zero-order valence-electron chi connectivity index (χ0n) is 54.8. The van der Waals surface area contributed by atoms with Crippen molar-refractivity contribution in [2.75, 3.05) is 33.5 Å². The highest BCUT2D eigenvalue weighted by atomic mass is 28.4. The van der Waals surface area contributed by atoms with Crippen LogP contribution in [-0.2, 0) is 54.4 Å². The lowest BCUT2D eigenvalue weighted by atomic mass is 9.68. The van der Waals surface area contributed by atoms with Crippen LogP contribution in [0.15, 0.2) is 97.1 Å². The van der Waals surface area contributed by atoms with E-state index in [-0.39, 0.29) is 41.5 Å². The Morgan fingerprint density at radius 2 is 0.917 bits per heavy atom. The number of rotatable bonds is 16. The number of benzene rings is 5. The largest absolute Gasteiger partial charge is 0.495 e. The van der Waals surface area contributed by atoms with E-state index < -0.39 is 27.8 Å². The number of carbonyl (C=O) groups is 1. The standard InChI is InChI=1S/C38H48O4Si.C35H51BO4Si/c1-9-38(10-2,34-17-18-35(29(4)26-34)32-13-11-30(12-14-32)27-36(39)40-5)33-16-15-31(28(3)25-33)19-20-37(42-43(6,7)8)21-23-41-24-22-37;1-12-35(13-2,30-16-17-31(27(4)25-30)36-38-32(5,6)33(7,8)39-36)29-15-14-28(26(3)24-29)18-19-34(40-41(9,10)11)20-22-37-23-21-34/h11-18,25-26H,9-10,21-24,27H2,1-8H3;14-17,24-25H,12-13,20-23H2,1-11H3. The molecule has 8 nitrogen and oxygen atoms in total. The second kappa shape index (κ2) is 26.9. The van der Waals surface area contributed by atoms with E-state index in [1.165, 1.54) is 57.2 Å². The van der Waals surface area contributed by atoms with Gasteiger partial charge in [-0.15, -0.1) is 0 Å². The number of hydrogen-bond donors (Lipinski definition) is 0. The van der Waals surface area contributed by atoms with Crippen LogP contribution in [0.1, 0.15) is 168 Å². The molecule has 5 aromatic rings. The molecular formula is C73H99BO8Si2. The van der Waals surface area contributed by atoms with Gasteiger partial charge in [0.1, 0.15) is 11.2 Å². The number of carbonyl (C=O) groups excluding carboxylic acids is 1. The fourth-order valence-electron chi connectivity index (χ4n) is 12.6. The van der Waals surface area contributed by atoms with E-state index in [1.54, 1.807) is 0 Å². The lowest BCUT2D eigenvalue weighted by Gasteiger charge is -2.38. The fourth-order valence-corrected chi connectivity index (χ4v) is 15.5. The summed E-state index contributed by atoms with van der Waals surface area (Å²) in [7, 11) is -2.45. The third-order valence-corrected chi connectivity index (χ3v) is 20.4. The molecule has 0 aromatic heterocycles. The van der Waals surface area contributed by atoms with Gasteiger partial charge in [-0.2, -0.15) is 0 Å². The minimum atomic E-state index is -1.77. The summed E-state index contributed by atoms with van der Waals surface area (Å²) in [6, 6.07) is 35.6. The second-order valence-corrected chi connectivity index (χ2v) is 35.8. The van der Waals surface area contributed by atoms with Crippen molar-refractivity contribution >= 4 is 35.2 Å². The summed E-state index contributed by atoms with van der Waals surface area (Å²) in [4.78, 5) is 11.7. The monoisotopic (exact) mass is 1170 g/mol. The lowest BCUT2D eigenvalue weighted by molar-refractivity contribution is -0.139. The molecule has 0 spiro atoms. The van der Waals surface area contributed by atoms with Crippen LogP contribution in [0, 0.1) is 51.4 Å². The molecule has 8 rings (SSSR count). The first kappa shape index (κ1) is 66.5. The van der Waals surface area contributed by atoms with Crippen molar-refractivity contribution in [2.24, 2.45) is 0 Å². The van der Waals surface area contributed by atoms with E-state index >= 15 is 0 Å². The SMILES string of the molecule is CCC(CC)(c1ccc(C#CC2(O[Si](C)(C)C)CCOCC2)c(C)c1)c1ccc(-c2ccc(CC(=O)OC)cc2)c(C)c1.CCC(CC)(c1ccc(C#CC2(O[Si](C)(C)C)CCOCC2)c(C)c1)c1ccc(B2OC(C)(C)C(C)(C)O2)c(C)c1. The van der Waals surface area contributed by atoms with E-state index in [0.717, 1.165) is 79.1 Å². The van der Waals surface area contributed by atoms with Crippen molar-refractivity contribution in [3.05, 3.63) is 158 Å². The van der Waals surface area contributed by atoms with Crippen LogP contribution in [0.4, 0.5) is 0 Å². The Morgan fingerprint density at radius 1 is 0.536 bits per heavy atom. The predicted octanol–water partition coefficient (Wildman–Crippen LogP) is 16.0. The molecule has 0 bridgehead atoms. The molecule has 11 heteroatoms. The lowest BCUT2D eigenvalue weighted by Crippen LogP contribution is -2.45. The summed E-state index contributed by atoms with van der Waals surface area (Å²) in [5.74, 6) is 14.0. The molecule has 0 aliphatic carbocycles. The molecule has 3 fully saturated rings. The average Bonchev–Trinajstić information content (AvgIpc) is 1.81. The Bertz CT molecular complexity index is 3200. The molecule has 3 saturated heterocycles. The third-order valence-electron chi connectivity index (χ3n) is 18.4. The first-order valence-corrected chi connectivity index (χ1v) is 37.9. The normalized spacial score (nSPS) is 17.4. The average molecular weight is 1170 g/mol. The summed E-state index contributed by atoms with van der Waals surface area (Å²) in [5.41, 5.74) is 15.1. The first-order valence-electron chi connectivity index (χ1n) is 31.1. The molecule has 0 N–H and O–H groups in total. The molecule has 450 valence electrons. The van der Waals surface area contributed by atoms with Gasteiger partial charge in [0, 0.05) is 47.6 Å². The Balaban J connectivity index is 0.000000241. The molecule has 0 radical (unpaired) electrons. The van der Waals surface area contributed by atoms with Crippen LogP contribution >= 0.6 is 0 Å². The first-order chi connectivity index (χ1) is 39.5. The fraction of sp³-hybridized carbons (Fsp3) is 0.521. The maximum atomic E-state index is 11.7. The van der Waals surface area contributed by atoms with Crippen molar-refractivity contribution < 1.29 is 37.2 Å². The molecule has 0 saturated carbocycles.